The Labute approximate surface area is 253 Å². The van der Waals surface area contributed by atoms with Gasteiger partial charge in [0.25, 0.3) is 0 Å². The van der Waals surface area contributed by atoms with E-state index in [2.05, 4.69) is 10.8 Å². The molecule has 4 rings (SSSR count). The van der Waals surface area contributed by atoms with Gasteiger partial charge < -0.3 is 19.8 Å². The molecule has 0 aromatic heterocycles. The molecule has 2 saturated heterocycles. The smallest absolute Gasteiger partial charge is 0.441 e. The van der Waals surface area contributed by atoms with Gasteiger partial charge in [0.2, 0.25) is 15.9 Å². The van der Waals surface area contributed by atoms with Crippen LogP contribution in [0, 0.1) is 6.92 Å². The van der Waals surface area contributed by atoms with Gasteiger partial charge in [0.1, 0.15) is 17.7 Å². The molecule has 2 N–H and O–H groups in total. The third-order valence-electron chi connectivity index (χ3n) is 7.56. The van der Waals surface area contributed by atoms with E-state index in [0.29, 0.717) is 51.7 Å². The number of hydroxylamine groups is 1. The fraction of sp³-hybridized carbons (Fsp3) is 0.516. The maximum absolute atomic E-state index is 13.5. The molecule has 234 valence electrons. The molecule has 2 atom stereocenters. The molecule has 2 fully saturated rings. The lowest BCUT2D eigenvalue weighted by Crippen LogP contribution is -2.54. The van der Waals surface area contributed by atoms with Crippen LogP contribution in [-0.4, -0.2) is 79.0 Å². The van der Waals surface area contributed by atoms with Crippen molar-refractivity contribution in [2.45, 2.75) is 88.4 Å². The van der Waals surface area contributed by atoms with E-state index in [4.69, 9.17) is 9.57 Å². The molecule has 2 heterocycles. The van der Waals surface area contributed by atoms with E-state index < -0.39 is 39.8 Å². The van der Waals surface area contributed by atoms with Crippen LogP contribution in [0.3, 0.4) is 0 Å². The van der Waals surface area contributed by atoms with E-state index in [1.807, 2.05) is 37.3 Å². The normalized spacial score (nSPS) is 19.1. The molecule has 43 heavy (non-hydrogen) atoms. The summed E-state index contributed by atoms with van der Waals surface area (Å²) in [5.74, 6) is -0.843. The second-order valence-electron chi connectivity index (χ2n) is 12.1. The molecule has 2 aromatic rings. The molecule has 0 bridgehead atoms. The van der Waals surface area contributed by atoms with E-state index >= 15 is 0 Å². The summed E-state index contributed by atoms with van der Waals surface area (Å²) >= 11 is 0. The van der Waals surface area contributed by atoms with Crippen LogP contribution in [-0.2, 0) is 35.6 Å². The minimum Gasteiger partial charge on any atom is -0.442 e. The number of piperidine rings is 1. The second-order valence-corrected chi connectivity index (χ2v) is 14.0. The molecule has 2 aliphatic rings. The van der Waals surface area contributed by atoms with Gasteiger partial charge in [0.15, 0.2) is 0 Å². The van der Waals surface area contributed by atoms with Gasteiger partial charge in [-0.1, -0.05) is 48.0 Å². The Morgan fingerprint density at radius 3 is 2.23 bits per heavy atom. The number of ether oxygens (including phenoxy) is 1. The summed E-state index contributed by atoms with van der Waals surface area (Å²) in [6, 6.07) is 14.6. The van der Waals surface area contributed by atoms with E-state index in [1.54, 1.807) is 49.9 Å². The molecule has 0 unspecified atom stereocenters. The summed E-state index contributed by atoms with van der Waals surface area (Å²) in [7, 11) is -3.79. The van der Waals surface area contributed by atoms with Crippen molar-refractivity contribution >= 4 is 28.0 Å². The van der Waals surface area contributed by atoms with Crippen LogP contribution in [0.15, 0.2) is 59.5 Å². The number of benzene rings is 2. The van der Waals surface area contributed by atoms with Gasteiger partial charge in [-0.05, 0) is 77.5 Å². The zero-order chi connectivity index (χ0) is 31.2. The van der Waals surface area contributed by atoms with Crippen LogP contribution in [0.2, 0.25) is 0 Å². The quantitative estimate of drug-likeness (QED) is 0.433. The molecule has 0 spiro atoms. The van der Waals surface area contributed by atoms with E-state index in [9.17, 15) is 22.8 Å². The molecule has 0 radical (unpaired) electrons. The Balaban J connectivity index is 1.36. The SMILES string of the molecule is Cc1ccc(S(=O)(=O)N2CCC[C@H]2C(=O)N2CCC(N[C@@H](Cc3ccccc3)C(=O)ONC(=O)OC(C)(C)C)CC2)cc1. The summed E-state index contributed by atoms with van der Waals surface area (Å²) in [4.78, 5) is 45.6. The zero-order valence-electron chi connectivity index (χ0n) is 25.2. The number of rotatable bonds is 8. The Bertz CT molecular complexity index is 1370. The number of aryl methyl sites for hydroxylation is 1. The second kappa shape index (κ2) is 13.9. The first-order valence-electron chi connectivity index (χ1n) is 14.7. The Morgan fingerprint density at radius 2 is 1.60 bits per heavy atom. The van der Waals surface area contributed by atoms with Gasteiger partial charge in [-0.25, -0.2) is 18.0 Å². The molecular weight excluding hydrogens is 572 g/mol. The van der Waals surface area contributed by atoms with Gasteiger partial charge in [0, 0.05) is 25.7 Å². The van der Waals surface area contributed by atoms with Crippen molar-refractivity contribution < 1.29 is 32.4 Å². The van der Waals surface area contributed by atoms with Crippen molar-refractivity contribution in [3.8, 4) is 0 Å². The van der Waals surface area contributed by atoms with Crippen LogP contribution in [0.4, 0.5) is 4.79 Å². The highest BCUT2D eigenvalue weighted by Crippen LogP contribution is 2.28. The number of amides is 2. The summed E-state index contributed by atoms with van der Waals surface area (Å²) in [5.41, 5.74) is 3.20. The van der Waals surface area contributed by atoms with Crippen LogP contribution < -0.4 is 10.8 Å². The van der Waals surface area contributed by atoms with Crippen molar-refractivity contribution in [3.63, 3.8) is 0 Å². The minimum absolute atomic E-state index is 0.0946. The van der Waals surface area contributed by atoms with E-state index in [0.717, 1.165) is 11.1 Å². The average molecular weight is 615 g/mol. The Morgan fingerprint density at radius 1 is 0.953 bits per heavy atom. The lowest BCUT2D eigenvalue weighted by molar-refractivity contribution is -0.153. The highest BCUT2D eigenvalue weighted by atomic mass is 32.2. The maximum atomic E-state index is 13.5. The molecule has 2 amide bonds. The molecule has 2 aromatic carbocycles. The fourth-order valence-corrected chi connectivity index (χ4v) is 7.06. The number of nitrogens with zero attached hydrogens (tertiary/aromatic N) is 2. The van der Waals surface area contributed by atoms with Gasteiger partial charge in [0.05, 0.1) is 4.90 Å². The number of likely N-dealkylation sites (tertiary alicyclic amines) is 1. The molecule has 0 aliphatic carbocycles. The zero-order valence-corrected chi connectivity index (χ0v) is 26.1. The number of carbonyl (C=O) groups is 3. The van der Waals surface area contributed by atoms with E-state index in [-0.39, 0.29) is 16.8 Å². The highest BCUT2D eigenvalue weighted by Gasteiger charge is 2.42. The summed E-state index contributed by atoms with van der Waals surface area (Å²) in [6.07, 6.45) is 1.72. The number of hydrogen-bond acceptors (Lipinski definition) is 8. The maximum Gasteiger partial charge on any atom is 0.441 e. The minimum atomic E-state index is -3.79. The molecule has 11 nitrogen and oxygen atoms in total. The van der Waals surface area contributed by atoms with Crippen molar-refractivity contribution in [1.82, 2.24) is 20.0 Å². The largest absolute Gasteiger partial charge is 0.442 e. The monoisotopic (exact) mass is 614 g/mol. The lowest BCUT2D eigenvalue weighted by atomic mass is 10.00. The van der Waals surface area contributed by atoms with Gasteiger partial charge in [-0.15, -0.1) is 5.48 Å². The van der Waals surface area contributed by atoms with Crippen LogP contribution in [0.25, 0.3) is 0 Å². The standard InChI is InChI=1S/C31H42N4O7S/c1-22-12-14-25(15-13-22)43(39,40)35-18-8-11-27(35)28(36)34-19-16-24(17-20-34)32-26(21-23-9-6-5-7-10-23)29(37)42-33-30(38)41-31(2,3)4/h5-7,9-10,12-15,24,26-27,32H,8,11,16-21H2,1-4H3,(H,33,38)/t26-,27-/m0/s1. The third kappa shape index (κ3) is 8.77. The van der Waals surface area contributed by atoms with E-state index in [1.165, 1.54) is 4.31 Å². The van der Waals surface area contributed by atoms with Crippen LogP contribution in [0.5, 0.6) is 0 Å². The number of nitrogens with one attached hydrogen (secondary N) is 2. The van der Waals surface area contributed by atoms with Crippen molar-refractivity contribution in [1.29, 1.82) is 0 Å². The first-order chi connectivity index (χ1) is 20.3. The number of sulfonamides is 1. The van der Waals surface area contributed by atoms with Crippen molar-refractivity contribution in [2.75, 3.05) is 19.6 Å². The van der Waals surface area contributed by atoms with Gasteiger partial charge in [-0.2, -0.15) is 4.31 Å². The van der Waals surface area contributed by atoms with Crippen molar-refractivity contribution in [3.05, 3.63) is 65.7 Å². The molecule has 0 saturated carbocycles. The first kappa shape index (κ1) is 32.4. The number of carbonyl (C=O) groups excluding carboxylic acids is 3. The highest BCUT2D eigenvalue weighted by molar-refractivity contribution is 7.89. The first-order valence-corrected chi connectivity index (χ1v) is 16.1. The average Bonchev–Trinajstić information content (AvgIpc) is 3.47. The lowest BCUT2D eigenvalue weighted by Gasteiger charge is -2.36. The summed E-state index contributed by atoms with van der Waals surface area (Å²) in [6.45, 7) is 8.18. The van der Waals surface area contributed by atoms with Gasteiger partial charge >= 0.3 is 12.1 Å². The van der Waals surface area contributed by atoms with Crippen molar-refractivity contribution in [2.24, 2.45) is 0 Å². The Kier molecular flexibility index (Phi) is 10.5. The topological polar surface area (TPSA) is 134 Å². The van der Waals surface area contributed by atoms with Crippen LogP contribution >= 0.6 is 0 Å². The van der Waals surface area contributed by atoms with Gasteiger partial charge in [-0.3, -0.25) is 4.79 Å². The third-order valence-corrected chi connectivity index (χ3v) is 9.48. The molecule has 12 heteroatoms. The number of hydrogen-bond donors (Lipinski definition) is 2. The molecule has 2 aliphatic heterocycles. The Hall–Kier alpha value is -3.48. The summed E-state index contributed by atoms with van der Waals surface area (Å²) in [5, 5.41) is 3.35. The predicted molar refractivity (Wildman–Crippen MR) is 160 cm³/mol. The summed E-state index contributed by atoms with van der Waals surface area (Å²) < 4.78 is 33.2. The predicted octanol–water partition coefficient (Wildman–Crippen LogP) is 3.32. The fourth-order valence-electron chi connectivity index (χ4n) is 5.40. The molecular formula is C31H42N4O7S. The van der Waals surface area contributed by atoms with Crippen LogP contribution in [0.1, 0.15) is 57.6 Å².